The minimum atomic E-state index is -3.81. The van der Waals surface area contributed by atoms with Crippen molar-refractivity contribution in [3.63, 3.8) is 0 Å². The highest BCUT2D eigenvalue weighted by molar-refractivity contribution is 9.10. The first-order valence-electron chi connectivity index (χ1n) is 7.00. The van der Waals surface area contributed by atoms with Crippen LogP contribution in [0.2, 0.25) is 0 Å². The minimum absolute atomic E-state index is 0.00400. The van der Waals surface area contributed by atoms with Crippen LogP contribution < -0.4 is 20.3 Å². The number of nitrogens with one attached hydrogen (secondary N) is 3. The first-order valence-corrected chi connectivity index (χ1v) is 9.28. The maximum Gasteiger partial charge on any atom is 0.265 e. The Balaban J connectivity index is 1.78. The number of fused-ring (bicyclic) bond motifs is 1. The molecule has 2 aromatic carbocycles. The molecule has 9 heteroatoms. The molecule has 0 radical (unpaired) electrons. The number of hydrogen-bond donors (Lipinski definition) is 3. The van der Waals surface area contributed by atoms with E-state index in [1.807, 2.05) is 0 Å². The summed E-state index contributed by atoms with van der Waals surface area (Å²) in [5.74, 6) is 0.111. The van der Waals surface area contributed by atoms with Crippen LogP contribution in [-0.2, 0) is 14.8 Å². The van der Waals surface area contributed by atoms with Gasteiger partial charge < -0.3 is 15.5 Å². The van der Waals surface area contributed by atoms with Gasteiger partial charge in [-0.2, -0.15) is 0 Å². The van der Waals surface area contributed by atoms with Crippen LogP contribution >= 0.6 is 15.9 Å². The summed E-state index contributed by atoms with van der Waals surface area (Å²) in [7, 11) is -3.81. The van der Waals surface area contributed by atoms with Gasteiger partial charge in [-0.3, -0.25) is 4.79 Å². The van der Waals surface area contributed by atoms with Crippen molar-refractivity contribution < 1.29 is 17.9 Å². The average molecular weight is 412 g/mol. The number of sulfonamides is 1. The molecule has 1 heterocycles. The van der Waals surface area contributed by atoms with Crippen LogP contribution in [0.25, 0.3) is 0 Å². The molecule has 0 unspecified atom stereocenters. The fourth-order valence-corrected chi connectivity index (χ4v) is 3.23. The Morgan fingerprint density at radius 2 is 1.88 bits per heavy atom. The number of carbonyl (C=O) groups excluding carboxylic acids is 1. The molecule has 2 aromatic rings. The van der Waals surface area contributed by atoms with Crippen LogP contribution in [0, 0.1) is 0 Å². The Labute approximate surface area is 147 Å². The molecule has 0 saturated heterocycles. The van der Waals surface area contributed by atoms with Gasteiger partial charge in [0, 0.05) is 10.2 Å². The Kier molecular flexibility index (Phi) is 4.48. The maximum atomic E-state index is 12.4. The van der Waals surface area contributed by atoms with Gasteiger partial charge in [-0.25, -0.2) is 8.42 Å². The van der Waals surface area contributed by atoms with Crippen molar-refractivity contribution in [1.29, 1.82) is 0 Å². The molecule has 0 spiro atoms. The molecule has 3 rings (SSSR count). The topological polar surface area (TPSA) is 96.5 Å². The third-order valence-electron chi connectivity index (χ3n) is 3.37. The summed E-state index contributed by atoms with van der Waals surface area (Å²) < 4.78 is 31.0. The molecule has 126 valence electrons. The smallest absolute Gasteiger partial charge is 0.265 e. The summed E-state index contributed by atoms with van der Waals surface area (Å²) in [4.78, 5) is 13.9. The molecule has 1 amide bonds. The third kappa shape index (κ3) is 3.53. The summed E-state index contributed by atoms with van der Waals surface area (Å²) in [5.41, 5.74) is 3.54. The maximum absolute atomic E-state index is 12.4. The van der Waals surface area contributed by atoms with E-state index in [4.69, 9.17) is 4.74 Å². The number of benzene rings is 2. The van der Waals surface area contributed by atoms with Crippen LogP contribution in [0.4, 0.5) is 11.4 Å². The summed E-state index contributed by atoms with van der Waals surface area (Å²) >= 11 is 3.30. The Hall–Kier alpha value is -2.10. The molecule has 3 N–H and O–H groups in total. The van der Waals surface area contributed by atoms with Crippen molar-refractivity contribution in [3.05, 3.63) is 46.9 Å². The van der Waals surface area contributed by atoms with E-state index in [0.717, 1.165) is 4.47 Å². The fraction of sp³-hybridized carbons (Fsp3) is 0.133. The SMILES string of the molecule is C[C@H]1Oc2ccc(S(=O)(=O)NNc3ccc(Br)cc3)cc2NC1=O. The Morgan fingerprint density at radius 3 is 2.58 bits per heavy atom. The van der Waals surface area contributed by atoms with Gasteiger partial charge in [0.05, 0.1) is 10.6 Å². The second kappa shape index (κ2) is 6.42. The van der Waals surface area contributed by atoms with Crippen LogP contribution in [0.15, 0.2) is 51.8 Å². The second-order valence-corrected chi connectivity index (χ2v) is 7.74. The molecule has 0 fully saturated rings. The van der Waals surface area contributed by atoms with Crippen molar-refractivity contribution in [2.24, 2.45) is 0 Å². The van der Waals surface area contributed by atoms with Crippen LogP contribution in [-0.4, -0.2) is 20.4 Å². The number of anilines is 2. The van der Waals surface area contributed by atoms with Crippen LogP contribution in [0.5, 0.6) is 5.75 Å². The van der Waals surface area contributed by atoms with Gasteiger partial charge in [0.15, 0.2) is 6.10 Å². The first kappa shape index (κ1) is 16.7. The van der Waals surface area contributed by atoms with Crippen molar-refractivity contribution in [2.75, 3.05) is 10.7 Å². The lowest BCUT2D eigenvalue weighted by molar-refractivity contribution is -0.122. The van der Waals surface area contributed by atoms with E-state index in [-0.39, 0.29) is 10.8 Å². The zero-order valence-electron chi connectivity index (χ0n) is 12.5. The standard InChI is InChI=1S/C15H14BrN3O4S/c1-9-15(20)17-13-8-12(6-7-14(13)23-9)24(21,22)19-18-11-4-2-10(16)3-5-11/h2-9,18-19H,1H3,(H,17,20)/t9-/m1/s1. The monoisotopic (exact) mass is 411 g/mol. The van der Waals surface area contributed by atoms with E-state index in [1.54, 1.807) is 31.2 Å². The van der Waals surface area contributed by atoms with Gasteiger partial charge in [-0.05, 0) is 49.4 Å². The summed E-state index contributed by atoms with van der Waals surface area (Å²) in [6, 6.07) is 11.3. The number of rotatable bonds is 4. The lowest BCUT2D eigenvalue weighted by Crippen LogP contribution is -2.35. The highest BCUT2D eigenvalue weighted by atomic mass is 79.9. The van der Waals surface area contributed by atoms with Crippen molar-refractivity contribution >= 4 is 43.2 Å². The van der Waals surface area contributed by atoms with Gasteiger partial charge in [0.1, 0.15) is 5.75 Å². The number of ether oxygens (including phenoxy) is 1. The zero-order valence-corrected chi connectivity index (χ0v) is 14.9. The molecule has 1 aliphatic heterocycles. The molecule has 0 saturated carbocycles. The van der Waals surface area contributed by atoms with E-state index < -0.39 is 16.1 Å². The highest BCUT2D eigenvalue weighted by Crippen LogP contribution is 2.31. The van der Waals surface area contributed by atoms with Gasteiger partial charge in [-0.15, -0.1) is 4.83 Å². The van der Waals surface area contributed by atoms with Crippen molar-refractivity contribution in [3.8, 4) is 5.75 Å². The summed E-state index contributed by atoms with van der Waals surface area (Å²) in [6.45, 7) is 1.62. The average Bonchev–Trinajstić information content (AvgIpc) is 2.55. The molecule has 0 bridgehead atoms. The Bertz CT molecular complexity index is 884. The Morgan fingerprint density at radius 1 is 1.17 bits per heavy atom. The number of amides is 1. The molecule has 0 aromatic heterocycles. The summed E-state index contributed by atoms with van der Waals surface area (Å²) in [5, 5.41) is 2.62. The summed E-state index contributed by atoms with van der Waals surface area (Å²) in [6.07, 6.45) is -0.614. The van der Waals surface area contributed by atoms with Gasteiger partial charge in [0.25, 0.3) is 15.9 Å². The molecule has 0 aliphatic carbocycles. The fourth-order valence-electron chi connectivity index (χ4n) is 2.07. The normalized spacial score (nSPS) is 16.8. The quantitative estimate of drug-likeness (QED) is 0.671. The van der Waals surface area contributed by atoms with Gasteiger partial charge >= 0.3 is 0 Å². The minimum Gasteiger partial charge on any atom is -0.479 e. The van der Waals surface area contributed by atoms with Crippen LogP contribution in [0.1, 0.15) is 6.92 Å². The lowest BCUT2D eigenvalue weighted by atomic mass is 10.2. The number of halogens is 1. The first-order chi connectivity index (χ1) is 11.3. The molecular formula is C15H14BrN3O4S. The zero-order chi connectivity index (χ0) is 17.3. The predicted octanol–water partition coefficient (Wildman–Crippen LogP) is 2.47. The second-order valence-electron chi connectivity index (χ2n) is 5.14. The predicted molar refractivity (Wildman–Crippen MR) is 93.2 cm³/mol. The van der Waals surface area contributed by atoms with E-state index in [9.17, 15) is 13.2 Å². The van der Waals surface area contributed by atoms with E-state index in [1.165, 1.54) is 18.2 Å². The molecule has 1 aliphatic rings. The van der Waals surface area contributed by atoms with Crippen molar-refractivity contribution in [2.45, 2.75) is 17.9 Å². The van der Waals surface area contributed by atoms with Gasteiger partial charge in [-0.1, -0.05) is 15.9 Å². The highest BCUT2D eigenvalue weighted by Gasteiger charge is 2.25. The van der Waals surface area contributed by atoms with Gasteiger partial charge in [0.2, 0.25) is 0 Å². The molecule has 24 heavy (non-hydrogen) atoms. The number of hydrogen-bond acceptors (Lipinski definition) is 5. The van der Waals surface area contributed by atoms with E-state index >= 15 is 0 Å². The van der Waals surface area contributed by atoms with Crippen molar-refractivity contribution in [1.82, 2.24) is 4.83 Å². The third-order valence-corrected chi connectivity index (χ3v) is 5.14. The molecular weight excluding hydrogens is 398 g/mol. The molecule has 1 atom stereocenters. The molecule has 7 nitrogen and oxygen atoms in total. The van der Waals surface area contributed by atoms with E-state index in [2.05, 4.69) is 31.5 Å². The number of hydrazine groups is 1. The lowest BCUT2D eigenvalue weighted by Gasteiger charge is -2.23. The number of carbonyl (C=O) groups is 1. The largest absolute Gasteiger partial charge is 0.479 e. The van der Waals surface area contributed by atoms with Crippen LogP contribution in [0.3, 0.4) is 0 Å². The van der Waals surface area contributed by atoms with E-state index in [0.29, 0.717) is 17.1 Å².